The number of hydrogen-bond acceptors (Lipinski definition) is 4. The summed E-state index contributed by atoms with van der Waals surface area (Å²) >= 11 is 0. The molecule has 4 aromatic rings. The summed E-state index contributed by atoms with van der Waals surface area (Å²) in [4.78, 5) is 17.3. The summed E-state index contributed by atoms with van der Waals surface area (Å²) in [5, 5.41) is 2.92. The molecule has 6 nitrogen and oxygen atoms in total. The molecule has 0 bridgehead atoms. The first-order valence-electron chi connectivity index (χ1n) is 8.75. The second-order valence-corrected chi connectivity index (χ2v) is 6.23. The van der Waals surface area contributed by atoms with E-state index in [0.29, 0.717) is 22.7 Å². The number of nitrogens with one attached hydrogen (secondary N) is 1. The number of fused-ring (bicyclic) bond motifs is 1. The first kappa shape index (κ1) is 17.6. The normalized spacial score (nSPS) is 10.6. The summed E-state index contributed by atoms with van der Waals surface area (Å²) in [5.74, 6) is 0.871. The fourth-order valence-electron chi connectivity index (χ4n) is 2.97. The SMILES string of the molecule is COc1cc(OC)cc(C(=O)Nc2cccc(-c3cn4ccccc4n3)c2)c1. The Morgan fingerprint density at radius 1 is 0.964 bits per heavy atom. The van der Waals surface area contributed by atoms with Crippen LogP contribution in [0.1, 0.15) is 10.4 Å². The number of rotatable bonds is 5. The largest absolute Gasteiger partial charge is 0.497 e. The van der Waals surface area contributed by atoms with Gasteiger partial charge in [-0.1, -0.05) is 18.2 Å². The molecule has 0 saturated heterocycles. The highest BCUT2D eigenvalue weighted by atomic mass is 16.5. The minimum atomic E-state index is -0.246. The lowest BCUT2D eigenvalue weighted by atomic mass is 10.1. The third kappa shape index (κ3) is 3.53. The lowest BCUT2D eigenvalue weighted by molar-refractivity contribution is 0.102. The average Bonchev–Trinajstić information content (AvgIpc) is 3.18. The van der Waals surface area contributed by atoms with Gasteiger partial charge in [0.25, 0.3) is 5.91 Å². The van der Waals surface area contributed by atoms with Crippen LogP contribution < -0.4 is 14.8 Å². The number of benzene rings is 2. The number of hydrogen-bond donors (Lipinski definition) is 1. The Kier molecular flexibility index (Phi) is 4.68. The van der Waals surface area contributed by atoms with E-state index in [2.05, 4.69) is 10.3 Å². The van der Waals surface area contributed by atoms with Crippen LogP contribution in [0.15, 0.2) is 73.1 Å². The predicted molar refractivity (Wildman–Crippen MR) is 108 cm³/mol. The maximum absolute atomic E-state index is 12.7. The van der Waals surface area contributed by atoms with Crippen LogP contribution in [0.25, 0.3) is 16.9 Å². The molecule has 0 spiro atoms. The van der Waals surface area contributed by atoms with E-state index in [0.717, 1.165) is 16.9 Å². The second kappa shape index (κ2) is 7.44. The van der Waals surface area contributed by atoms with E-state index in [1.165, 1.54) is 0 Å². The first-order chi connectivity index (χ1) is 13.7. The van der Waals surface area contributed by atoms with Gasteiger partial charge in [-0.3, -0.25) is 4.79 Å². The molecule has 2 aromatic heterocycles. The molecular formula is C22H19N3O3. The maximum atomic E-state index is 12.7. The van der Waals surface area contributed by atoms with Gasteiger partial charge < -0.3 is 19.2 Å². The summed E-state index contributed by atoms with van der Waals surface area (Å²) in [6.45, 7) is 0. The molecule has 4 rings (SSSR count). The highest BCUT2D eigenvalue weighted by Crippen LogP contribution is 2.25. The zero-order valence-electron chi connectivity index (χ0n) is 15.5. The monoisotopic (exact) mass is 373 g/mol. The highest BCUT2D eigenvalue weighted by molar-refractivity contribution is 6.05. The van der Waals surface area contributed by atoms with Gasteiger partial charge in [0.2, 0.25) is 0 Å². The molecule has 0 saturated carbocycles. The van der Waals surface area contributed by atoms with Crippen molar-refractivity contribution in [3.63, 3.8) is 0 Å². The van der Waals surface area contributed by atoms with E-state index in [1.807, 2.05) is 59.3 Å². The molecule has 0 unspecified atom stereocenters. The third-order valence-corrected chi connectivity index (χ3v) is 4.39. The standard InChI is InChI=1S/C22H19N3O3/c1-27-18-11-16(12-19(13-18)28-2)22(26)23-17-7-5-6-15(10-17)20-14-25-9-4-3-8-21(25)24-20/h3-14H,1-2H3,(H,23,26). The third-order valence-electron chi connectivity index (χ3n) is 4.39. The lowest BCUT2D eigenvalue weighted by Gasteiger charge is -2.10. The van der Waals surface area contributed by atoms with Crippen LogP contribution in [0.4, 0.5) is 5.69 Å². The van der Waals surface area contributed by atoms with Crippen molar-refractivity contribution in [1.29, 1.82) is 0 Å². The van der Waals surface area contributed by atoms with Crippen LogP contribution in [-0.4, -0.2) is 29.5 Å². The minimum Gasteiger partial charge on any atom is -0.497 e. The molecule has 0 aliphatic rings. The molecule has 0 aliphatic heterocycles. The number of carbonyl (C=O) groups is 1. The van der Waals surface area contributed by atoms with Crippen molar-refractivity contribution in [2.45, 2.75) is 0 Å². The zero-order valence-corrected chi connectivity index (χ0v) is 15.5. The van der Waals surface area contributed by atoms with Crippen LogP contribution >= 0.6 is 0 Å². The van der Waals surface area contributed by atoms with Crippen molar-refractivity contribution in [3.8, 4) is 22.8 Å². The summed E-state index contributed by atoms with van der Waals surface area (Å²) in [7, 11) is 3.10. The van der Waals surface area contributed by atoms with Crippen LogP contribution in [-0.2, 0) is 0 Å². The number of ether oxygens (including phenoxy) is 2. The predicted octanol–water partition coefficient (Wildman–Crippen LogP) is 4.27. The van der Waals surface area contributed by atoms with Crippen LogP contribution in [0, 0.1) is 0 Å². The van der Waals surface area contributed by atoms with Crippen LogP contribution in [0.3, 0.4) is 0 Å². The van der Waals surface area contributed by atoms with E-state index < -0.39 is 0 Å². The van der Waals surface area contributed by atoms with Gasteiger partial charge in [-0.2, -0.15) is 0 Å². The van der Waals surface area contributed by atoms with Crippen molar-refractivity contribution >= 4 is 17.2 Å². The Morgan fingerprint density at radius 3 is 2.46 bits per heavy atom. The Hall–Kier alpha value is -3.80. The Morgan fingerprint density at radius 2 is 1.75 bits per heavy atom. The molecule has 140 valence electrons. The van der Waals surface area contributed by atoms with Gasteiger partial charge in [-0.25, -0.2) is 4.98 Å². The number of aromatic nitrogens is 2. The minimum absolute atomic E-state index is 0.246. The van der Waals surface area contributed by atoms with E-state index in [1.54, 1.807) is 32.4 Å². The van der Waals surface area contributed by atoms with Gasteiger partial charge in [0.1, 0.15) is 17.1 Å². The summed E-state index contributed by atoms with van der Waals surface area (Å²) in [5.41, 5.74) is 3.76. The fourth-order valence-corrected chi connectivity index (χ4v) is 2.97. The number of methoxy groups -OCH3 is 2. The number of nitrogens with zero attached hydrogens (tertiary/aromatic N) is 2. The number of amides is 1. The molecule has 0 fully saturated rings. The summed E-state index contributed by atoms with van der Waals surface area (Å²) in [6, 6.07) is 18.5. The van der Waals surface area contributed by atoms with E-state index in [9.17, 15) is 4.79 Å². The van der Waals surface area contributed by atoms with Crippen LogP contribution in [0.5, 0.6) is 11.5 Å². The summed E-state index contributed by atoms with van der Waals surface area (Å²) in [6.07, 6.45) is 3.91. The average molecular weight is 373 g/mol. The van der Waals surface area contributed by atoms with E-state index in [4.69, 9.17) is 9.47 Å². The molecule has 6 heteroatoms. The van der Waals surface area contributed by atoms with Crippen molar-refractivity contribution in [3.05, 3.63) is 78.6 Å². The van der Waals surface area contributed by atoms with Crippen molar-refractivity contribution in [1.82, 2.24) is 9.38 Å². The van der Waals surface area contributed by atoms with Crippen molar-refractivity contribution < 1.29 is 14.3 Å². The number of pyridine rings is 1. The highest BCUT2D eigenvalue weighted by Gasteiger charge is 2.11. The lowest BCUT2D eigenvalue weighted by Crippen LogP contribution is -2.12. The van der Waals surface area contributed by atoms with E-state index >= 15 is 0 Å². The quantitative estimate of drug-likeness (QED) is 0.567. The molecule has 0 atom stereocenters. The topological polar surface area (TPSA) is 64.9 Å². The molecule has 0 aliphatic carbocycles. The zero-order chi connectivity index (χ0) is 19.5. The molecule has 1 N–H and O–H groups in total. The number of carbonyl (C=O) groups excluding carboxylic acids is 1. The van der Waals surface area contributed by atoms with Gasteiger partial charge in [0.15, 0.2) is 0 Å². The van der Waals surface area contributed by atoms with Crippen molar-refractivity contribution in [2.75, 3.05) is 19.5 Å². The van der Waals surface area contributed by atoms with Gasteiger partial charge in [-0.15, -0.1) is 0 Å². The molecule has 2 aromatic carbocycles. The van der Waals surface area contributed by atoms with Crippen LogP contribution in [0.2, 0.25) is 0 Å². The van der Waals surface area contributed by atoms with Gasteiger partial charge in [0.05, 0.1) is 19.9 Å². The van der Waals surface area contributed by atoms with E-state index in [-0.39, 0.29) is 5.91 Å². The first-order valence-corrected chi connectivity index (χ1v) is 8.75. The molecule has 28 heavy (non-hydrogen) atoms. The smallest absolute Gasteiger partial charge is 0.255 e. The Balaban J connectivity index is 1.60. The fraction of sp³-hybridized carbons (Fsp3) is 0.0909. The van der Waals surface area contributed by atoms with Crippen molar-refractivity contribution in [2.24, 2.45) is 0 Å². The summed E-state index contributed by atoms with van der Waals surface area (Å²) < 4.78 is 12.4. The molecular weight excluding hydrogens is 354 g/mol. The number of imidazole rings is 1. The molecule has 1 amide bonds. The van der Waals surface area contributed by atoms with Gasteiger partial charge >= 0.3 is 0 Å². The Bertz CT molecular complexity index is 1100. The molecule has 2 heterocycles. The number of anilines is 1. The molecule has 0 radical (unpaired) electrons. The van der Waals surface area contributed by atoms with Gasteiger partial charge in [-0.05, 0) is 36.4 Å². The second-order valence-electron chi connectivity index (χ2n) is 6.23. The Labute approximate surface area is 162 Å². The van der Waals surface area contributed by atoms with Gasteiger partial charge in [0, 0.05) is 35.3 Å². The maximum Gasteiger partial charge on any atom is 0.255 e.